The van der Waals surface area contributed by atoms with Crippen molar-refractivity contribution in [3.05, 3.63) is 134 Å². The molecule has 0 saturated carbocycles. The normalized spacial score (nSPS) is 13.9. The first-order valence-corrected chi connectivity index (χ1v) is 34.2. The third kappa shape index (κ3) is 65.2. The van der Waals surface area contributed by atoms with Crippen LogP contribution >= 0.6 is 7.82 Å². The molecule has 0 saturated heterocycles. The van der Waals surface area contributed by atoms with Gasteiger partial charge in [0.15, 0.2) is 6.10 Å². The van der Waals surface area contributed by atoms with E-state index in [0.717, 1.165) is 109 Å². The molecule has 3 N–H and O–H groups in total. The lowest BCUT2D eigenvalue weighted by molar-refractivity contribution is -0.161. The third-order valence-corrected chi connectivity index (χ3v) is 14.5. The number of phosphoric acid groups is 1. The number of nitrogens with two attached hydrogens (primary N) is 1. The fraction of sp³-hybridized carbons (Fsp3) is 0.662. The molecule has 0 aromatic rings. The first-order valence-electron chi connectivity index (χ1n) is 32.7. The zero-order chi connectivity index (χ0) is 58.7. The second kappa shape index (κ2) is 65.3. The van der Waals surface area contributed by atoms with E-state index in [2.05, 4.69) is 148 Å². The number of phosphoric ester groups is 1. The lowest BCUT2D eigenvalue weighted by Gasteiger charge is -2.19. The average molecular weight is 1150 g/mol. The summed E-state index contributed by atoms with van der Waals surface area (Å²) in [6, 6.07) is 0. The van der Waals surface area contributed by atoms with Crippen molar-refractivity contribution >= 4 is 19.8 Å². The SMILES string of the molecule is CC/C=C\C/C=C\C/C=C\C/C=C\C/C=C\C/C=C\C/C=C\C/C=C\C/C=C\CCCCCCCCCCCC(=O)OC(COC(=O)CCCCCCCCCCCCC/C=C\C/C=C\CCCCCCC)COP(=O)(O)OCCN. The summed E-state index contributed by atoms with van der Waals surface area (Å²) in [5, 5.41) is 0. The number of esters is 2. The maximum atomic E-state index is 12.7. The second-order valence-electron chi connectivity index (χ2n) is 21.2. The van der Waals surface area contributed by atoms with Gasteiger partial charge in [0.25, 0.3) is 0 Å². The summed E-state index contributed by atoms with van der Waals surface area (Å²) in [5.74, 6) is -0.839. The highest BCUT2D eigenvalue weighted by atomic mass is 31.2. The Hall–Kier alpha value is -3.85. The van der Waals surface area contributed by atoms with Gasteiger partial charge in [0, 0.05) is 19.4 Å². The number of rotatable bonds is 60. The van der Waals surface area contributed by atoms with Gasteiger partial charge in [-0.05, 0) is 116 Å². The predicted molar refractivity (Wildman–Crippen MR) is 348 cm³/mol. The van der Waals surface area contributed by atoms with Crippen molar-refractivity contribution in [3.63, 3.8) is 0 Å². The molecule has 2 atom stereocenters. The quantitative estimate of drug-likeness (QED) is 0.0264. The van der Waals surface area contributed by atoms with Gasteiger partial charge in [-0.2, -0.15) is 0 Å². The number of ether oxygens (including phenoxy) is 2. The number of carbonyl (C=O) groups is 2. The van der Waals surface area contributed by atoms with Gasteiger partial charge >= 0.3 is 19.8 Å². The molecule has 81 heavy (non-hydrogen) atoms. The molecule has 0 fully saturated rings. The van der Waals surface area contributed by atoms with Crippen LogP contribution in [0.5, 0.6) is 0 Å². The largest absolute Gasteiger partial charge is 0.472 e. The van der Waals surface area contributed by atoms with Gasteiger partial charge in [-0.1, -0.05) is 276 Å². The van der Waals surface area contributed by atoms with Crippen LogP contribution < -0.4 is 5.73 Å². The summed E-state index contributed by atoms with van der Waals surface area (Å²) in [6.07, 6.45) is 92.3. The molecular formula is C71H120NO8P. The van der Waals surface area contributed by atoms with E-state index >= 15 is 0 Å². The molecule has 0 aliphatic rings. The molecule has 9 nitrogen and oxygen atoms in total. The molecular weight excluding hydrogens is 1030 g/mol. The number of carbonyl (C=O) groups excluding carboxylic acids is 2. The van der Waals surface area contributed by atoms with Crippen LogP contribution in [0.4, 0.5) is 0 Å². The van der Waals surface area contributed by atoms with Crippen molar-refractivity contribution in [2.45, 2.75) is 277 Å². The molecule has 0 radical (unpaired) electrons. The molecule has 0 amide bonds. The van der Waals surface area contributed by atoms with Gasteiger partial charge in [0.2, 0.25) is 0 Å². The summed E-state index contributed by atoms with van der Waals surface area (Å²) in [4.78, 5) is 35.3. The number of allylic oxidation sites excluding steroid dienone is 22. The van der Waals surface area contributed by atoms with E-state index in [0.29, 0.717) is 6.42 Å². The topological polar surface area (TPSA) is 134 Å². The van der Waals surface area contributed by atoms with Crippen LogP contribution in [0.25, 0.3) is 0 Å². The standard InChI is InChI=1S/C71H120NO8P/c1-3-5-7-9-11-13-15-17-19-21-23-25-27-28-29-30-31-32-33-34-35-36-37-38-39-40-42-44-46-48-50-52-54-56-58-60-62-64-71(74)80-69(68-79-81(75,76)78-66-65-72)67-77-70(73)63-61-59-57-55-53-51-49-47-45-43-41-26-24-22-20-18-16-14-12-10-8-6-4-2/h5,7,11,13,16-19,22-25,28-29,31-32,34-35,37-38,40,42,69H,3-4,6,8-10,12,14-15,20-21,26-27,30,33,36,39,41,43-68,72H2,1-2H3,(H,75,76)/b7-5-,13-11-,18-16-,19-17-,24-22-,25-23-,29-28-,32-31-,35-34-,38-37-,42-40-. The molecule has 462 valence electrons. The van der Waals surface area contributed by atoms with Crippen LogP contribution in [0.3, 0.4) is 0 Å². The zero-order valence-corrected chi connectivity index (χ0v) is 52.6. The fourth-order valence-electron chi connectivity index (χ4n) is 8.72. The Morgan fingerprint density at radius 3 is 1.01 bits per heavy atom. The van der Waals surface area contributed by atoms with Crippen LogP contribution in [0.2, 0.25) is 0 Å². The lowest BCUT2D eigenvalue weighted by Crippen LogP contribution is -2.29. The molecule has 2 unspecified atom stereocenters. The van der Waals surface area contributed by atoms with E-state index in [9.17, 15) is 19.0 Å². The van der Waals surface area contributed by atoms with Crippen molar-refractivity contribution in [2.75, 3.05) is 26.4 Å². The molecule has 0 spiro atoms. The van der Waals surface area contributed by atoms with E-state index in [1.807, 2.05) is 0 Å². The molecule has 0 aromatic carbocycles. The summed E-state index contributed by atoms with van der Waals surface area (Å²) in [5.41, 5.74) is 5.39. The molecule has 0 aromatic heterocycles. The Morgan fingerprint density at radius 2 is 0.679 bits per heavy atom. The summed E-state index contributed by atoms with van der Waals surface area (Å²) < 4.78 is 33.1. The van der Waals surface area contributed by atoms with Gasteiger partial charge in [-0.25, -0.2) is 4.57 Å². The van der Waals surface area contributed by atoms with E-state index in [1.165, 1.54) is 128 Å². The van der Waals surface area contributed by atoms with Crippen LogP contribution in [0.15, 0.2) is 134 Å². The molecule has 0 bridgehead atoms. The highest BCUT2D eigenvalue weighted by Gasteiger charge is 2.26. The van der Waals surface area contributed by atoms with Gasteiger partial charge in [0.05, 0.1) is 13.2 Å². The number of unbranched alkanes of at least 4 members (excludes halogenated alkanes) is 25. The Morgan fingerprint density at radius 1 is 0.383 bits per heavy atom. The van der Waals surface area contributed by atoms with E-state index in [4.69, 9.17) is 24.3 Å². The van der Waals surface area contributed by atoms with Crippen molar-refractivity contribution in [1.82, 2.24) is 0 Å². The van der Waals surface area contributed by atoms with Crippen LogP contribution in [-0.4, -0.2) is 49.3 Å². The molecule has 0 rings (SSSR count). The minimum Gasteiger partial charge on any atom is -0.462 e. The van der Waals surface area contributed by atoms with Crippen LogP contribution in [0, 0.1) is 0 Å². The highest BCUT2D eigenvalue weighted by molar-refractivity contribution is 7.47. The smallest absolute Gasteiger partial charge is 0.462 e. The third-order valence-electron chi connectivity index (χ3n) is 13.5. The summed E-state index contributed by atoms with van der Waals surface area (Å²) in [6.45, 7) is 3.62. The van der Waals surface area contributed by atoms with Gasteiger partial charge < -0.3 is 20.1 Å². The Balaban J connectivity index is 3.98. The van der Waals surface area contributed by atoms with Crippen LogP contribution in [0.1, 0.15) is 271 Å². The Kier molecular flexibility index (Phi) is 62.2. The minimum absolute atomic E-state index is 0.0463. The fourth-order valence-corrected chi connectivity index (χ4v) is 9.48. The van der Waals surface area contributed by atoms with Crippen molar-refractivity contribution in [2.24, 2.45) is 5.73 Å². The average Bonchev–Trinajstić information content (AvgIpc) is 3.46. The monoisotopic (exact) mass is 1150 g/mol. The van der Waals surface area contributed by atoms with Crippen molar-refractivity contribution < 1.29 is 37.6 Å². The predicted octanol–water partition coefficient (Wildman–Crippen LogP) is 21.3. The molecule has 0 aliphatic heterocycles. The first kappa shape index (κ1) is 77.2. The summed E-state index contributed by atoms with van der Waals surface area (Å²) >= 11 is 0. The van der Waals surface area contributed by atoms with E-state index in [-0.39, 0.29) is 38.6 Å². The molecule has 0 aliphatic carbocycles. The Labute approximate surface area is 497 Å². The maximum absolute atomic E-state index is 12.7. The second-order valence-corrected chi connectivity index (χ2v) is 22.7. The first-order chi connectivity index (χ1) is 39.8. The minimum atomic E-state index is -4.40. The van der Waals surface area contributed by atoms with Crippen LogP contribution in [-0.2, 0) is 32.7 Å². The lowest BCUT2D eigenvalue weighted by atomic mass is 10.0. The molecule has 0 heterocycles. The van der Waals surface area contributed by atoms with E-state index in [1.54, 1.807) is 0 Å². The van der Waals surface area contributed by atoms with Gasteiger partial charge in [0.1, 0.15) is 6.61 Å². The molecule has 10 heteroatoms. The number of hydrogen-bond acceptors (Lipinski definition) is 8. The van der Waals surface area contributed by atoms with Crippen molar-refractivity contribution in [1.29, 1.82) is 0 Å². The maximum Gasteiger partial charge on any atom is 0.472 e. The summed E-state index contributed by atoms with van der Waals surface area (Å²) in [7, 11) is -4.40. The van der Waals surface area contributed by atoms with Crippen molar-refractivity contribution in [3.8, 4) is 0 Å². The van der Waals surface area contributed by atoms with Gasteiger partial charge in [-0.3, -0.25) is 18.6 Å². The highest BCUT2D eigenvalue weighted by Crippen LogP contribution is 2.43. The van der Waals surface area contributed by atoms with E-state index < -0.39 is 26.5 Å². The van der Waals surface area contributed by atoms with Gasteiger partial charge in [-0.15, -0.1) is 0 Å². The Bertz CT molecular complexity index is 1790. The zero-order valence-electron chi connectivity index (χ0n) is 51.7. The number of hydrogen-bond donors (Lipinski definition) is 2.